The van der Waals surface area contributed by atoms with Crippen LogP contribution in [0.1, 0.15) is 45.6 Å². The summed E-state index contributed by atoms with van der Waals surface area (Å²) < 4.78 is 0.953. The number of carbonyl (C=O) groups is 1. The molecule has 1 N–H and O–H groups in total. The van der Waals surface area contributed by atoms with Crippen molar-refractivity contribution in [2.45, 2.75) is 33.7 Å². The number of amides is 1. The normalized spacial score (nSPS) is 12.0. The first kappa shape index (κ1) is 15.8. The Bertz CT molecular complexity index is 679. The van der Waals surface area contributed by atoms with Crippen LogP contribution in [-0.2, 0) is 0 Å². The first-order valence-corrected chi connectivity index (χ1v) is 7.82. The van der Waals surface area contributed by atoms with Crippen LogP contribution in [0.25, 0.3) is 0 Å². The molecule has 0 spiro atoms. The fraction of sp³-hybridized carbons (Fsp3) is 0.278. The Kier molecular flexibility index (Phi) is 4.84. The second-order valence-corrected chi connectivity index (χ2v) is 6.32. The average molecular weight is 346 g/mol. The molecule has 1 amide bonds. The summed E-state index contributed by atoms with van der Waals surface area (Å²) in [6.45, 7) is 8.10. The average Bonchev–Trinajstić information content (AvgIpc) is 2.44. The van der Waals surface area contributed by atoms with Crippen molar-refractivity contribution in [3.63, 3.8) is 0 Å². The van der Waals surface area contributed by atoms with Crippen molar-refractivity contribution in [1.82, 2.24) is 5.32 Å². The maximum atomic E-state index is 12.5. The maximum Gasteiger partial charge on any atom is 0.252 e. The van der Waals surface area contributed by atoms with E-state index in [1.807, 2.05) is 32.0 Å². The van der Waals surface area contributed by atoms with E-state index in [1.54, 1.807) is 0 Å². The lowest BCUT2D eigenvalue weighted by Gasteiger charge is -2.18. The van der Waals surface area contributed by atoms with Crippen molar-refractivity contribution in [2.75, 3.05) is 0 Å². The number of carbonyl (C=O) groups excluding carboxylic acids is 1. The van der Waals surface area contributed by atoms with Crippen LogP contribution in [0, 0.1) is 20.8 Å². The third-order valence-corrected chi connectivity index (χ3v) is 4.62. The largest absolute Gasteiger partial charge is 0.345 e. The van der Waals surface area contributed by atoms with Gasteiger partial charge in [-0.25, -0.2) is 0 Å². The standard InChI is InChI=1S/C18H20BrNO/c1-11-8-9-12(2)16(10-11)14(4)20-18(21)15-6-5-7-17(19)13(15)3/h5-10,14H,1-4H3,(H,20,21). The number of hydrogen-bond acceptors (Lipinski definition) is 1. The van der Waals surface area contributed by atoms with Gasteiger partial charge in [0, 0.05) is 10.0 Å². The van der Waals surface area contributed by atoms with E-state index in [0.29, 0.717) is 5.56 Å². The van der Waals surface area contributed by atoms with Gasteiger partial charge in [0.15, 0.2) is 0 Å². The van der Waals surface area contributed by atoms with Gasteiger partial charge in [-0.05, 0) is 56.5 Å². The minimum atomic E-state index is -0.0396. The van der Waals surface area contributed by atoms with Crippen LogP contribution in [0.2, 0.25) is 0 Å². The molecule has 2 nitrogen and oxygen atoms in total. The Morgan fingerprint density at radius 2 is 1.86 bits per heavy atom. The first-order chi connectivity index (χ1) is 9.90. The highest BCUT2D eigenvalue weighted by molar-refractivity contribution is 9.10. The summed E-state index contributed by atoms with van der Waals surface area (Å²) in [6, 6.07) is 12.0. The zero-order valence-electron chi connectivity index (χ0n) is 12.8. The SMILES string of the molecule is Cc1ccc(C)c(C(C)NC(=O)c2cccc(Br)c2C)c1. The van der Waals surface area contributed by atoms with E-state index in [9.17, 15) is 4.79 Å². The fourth-order valence-corrected chi connectivity index (χ4v) is 2.80. The van der Waals surface area contributed by atoms with E-state index in [1.165, 1.54) is 11.1 Å². The quantitative estimate of drug-likeness (QED) is 0.844. The topological polar surface area (TPSA) is 29.1 Å². The summed E-state index contributed by atoms with van der Waals surface area (Å²) in [5.41, 5.74) is 5.23. The lowest BCUT2D eigenvalue weighted by atomic mass is 9.99. The molecule has 0 saturated heterocycles. The van der Waals surface area contributed by atoms with E-state index >= 15 is 0 Å². The van der Waals surface area contributed by atoms with Crippen LogP contribution in [-0.4, -0.2) is 5.91 Å². The number of aryl methyl sites for hydroxylation is 2. The van der Waals surface area contributed by atoms with Crippen LogP contribution >= 0.6 is 15.9 Å². The molecule has 1 atom stereocenters. The molecule has 0 aromatic heterocycles. The van der Waals surface area contributed by atoms with E-state index in [0.717, 1.165) is 15.6 Å². The molecule has 0 aliphatic carbocycles. The minimum Gasteiger partial charge on any atom is -0.345 e. The summed E-state index contributed by atoms with van der Waals surface area (Å²) in [7, 11) is 0. The molecule has 0 saturated carbocycles. The fourth-order valence-electron chi connectivity index (χ4n) is 2.43. The van der Waals surface area contributed by atoms with Crippen LogP contribution in [0.4, 0.5) is 0 Å². The molecule has 110 valence electrons. The Morgan fingerprint density at radius 1 is 1.14 bits per heavy atom. The summed E-state index contributed by atoms with van der Waals surface area (Å²) in [5, 5.41) is 3.09. The molecule has 0 fully saturated rings. The van der Waals surface area contributed by atoms with Gasteiger partial charge in [0.1, 0.15) is 0 Å². The molecule has 0 heterocycles. The number of benzene rings is 2. The monoisotopic (exact) mass is 345 g/mol. The zero-order valence-corrected chi connectivity index (χ0v) is 14.4. The number of rotatable bonds is 3. The van der Waals surface area contributed by atoms with Gasteiger partial charge in [0.05, 0.1) is 6.04 Å². The Hall–Kier alpha value is -1.61. The lowest BCUT2D eigenvalue weighted by Crippen LogP contribution is -2.27. The number of nitrogens with one attached hydrogen (secondary N) is 1. The molecule has 1 unspecified atom stereocenters. The summed E-state index contributed by atoms with van der Waals surface area (Å²) in [4.78, 5) is 12.5. The molecular weight excluding hydrogens is 326 g/mol. The second kappa shape index (κ2) is 6.44. The van der Waals surface area contributed by atoms with Gasteiger partial charge in [-0.2, -0.15) is 0 Å². The highest BCUT2D eigenvalue weighted by atomic mass is 79.9. The van der Waals surface area contributed by atoms with Gasteiger partial charge in [0.25, 0.3) is 5.91 Å². The van der Waals surface area contributed by atoms with Gasteiger partial charge in [-0.1, -0.05) is 45.8 Å². The van der Waals surface area contributed by atoms with Gasteiger partial charge < -0.3 is 5.32 Å². The van der Waals surface area contributed by atoms with E-state index < -0.39 is 0 Å². The first-order valence-electron chi connectivity index (χ1n) is 7.03. The highest BCUT2D eigenvalue weighted by Crippen LogP contribution is 2.22. The van der Waals surface area contributed by atoms with Crippen LogP contribution in [0.3, 0.4) is 0 Å². The van der Waals surface area contributed by atoms with Crippen molar-refractivity contribution in [1.29, 1.82) is 0 Å². The Morgan fingerprint density at radius 3 is 2.57 bits per heavy atom. The molecule has 2 aromatic rings. The van der Waals surface area contributed by atoms with Crippen molar-refractivity contribution >= 4 is 21.8 Å². The van der Waals surface area contributed by atoms with Crippen LogP contribution in [0.5, 0.6) is 0 Å². The maximum absolute atomic E-state index is 12.5. The molecular formula is C18H20BrNO. The summed E-state index contributed by atoms with van der Waals surface area (Å²) in [6.07, 6.45) is 0. The smallest absolute Gasteiger partial charge is 0.252 e. The predicted molar refractivity (Wildman–Crippen MR) is 90.7 cm³/mol. The van der Waals surface area contributed by atoms with Crippen LogP contribution in [0.15, 0.2) is 40.9 Å². The minimum absolute atomic E-state index is 0.0178. The van der Waals surface area contributed by atoms with Crippen molar-refractivity contribution in [3.05, 3.63) is 68.7 Å². The lowest BCUT2D eigenvalue weighted by molar-refractivity contribution is 0.0939. The van der Waals surface area contributed by atoms with Gasteiger partial charge in [-0.15, -0.1) is 0 Å². The number of hydrogen-bond donors (Lipinski definition) is 1. The van der Waals surface area contributed by atoms with Crippen LogP contribution < -0.4 is 5.32 Å². The molecule has 0 bridgehead atoms. The zero-order chi connectivity index (χ0) is 15.6. The molecule has 0 radical (unpaired) electrons. The van der Waals surface area contributed by atoms with E-state index in [-0.39, 0.29) is 11.9 Å². The second-order valence-electron chi connectivity index (χ2n) is 5.47. The molecule has 21 heavy (non-hydrogen) atoms. The van der Waals surface area contributed by atoms with E-state index in [4.69, 9.17) is 0 Å². The summed E-state index contributed by atoms with van der Waals surface area (Å²) >= 11 is 3.47. The van der Waals surface area contributed by atoms with Crippen molar-refractivity contribution < 1.29 is 4.79 Å². The number of halogens is 1. The van der Waals surface area contributed by atoms with Gasteiger partial charge in [0.2, 0.25) is 0 Å². The Balaban J connectivity index is 2.23. The molecule has 0 aliphatic rings. The molecule has 2 aromatic carbocycles. The van der Waals surface area contributed by atoms with Gasteiger partial charge >= 0.3 is 0 Å². The van der Waals surface area contributed by atoms with Crippen molar-refractivity contribution in [3.8, 4) is 0 Å². The predicted octanol–water partition coefficient (Wildman–Crippen LogP) is 4.87. The third kappa shape index (κ3) is 3.53. The molecule has 3 heteroatoms. The molecule has 0 aliphatic heterocycles. The van der Waals surface area contributed by atoms with Crippen molar-refractivity contribution in [2.24, 2.45) is 0 Å². The summed E-state index contributed by atoms with van der Waals surface area (Å²) in [5.74, 6) is -0.0396. The van der Waals surface area contributed by atoms with E-state index in [2.05, 4.69) is 53.3 Å². The Labute approximate surface area is 134 Å². The molecule has 2 rings (SSSR count). The van der Waals surface area contributed by atoms with Gasteiger partial charge in [-0.3, -0.25) is 4.79 Å². The highest BCUT2D eigenvalue weighted by Gasteiger charge is 2.15. The third-order valence-electron chi connectivity index (χ3n) is 3.76.